The van der Waals surface area contributed by atoms with E-state index in [1.54, 1.807) is 12.1 Å². The second kappa shape index (κ2) is 7.36. The fourth-order valence-electron chi connectivity index (χ4n) is 2.83. The normalized spacial score (nSPS) is 12.2. The second-order valence-corrected chi connectivity index (χ2v) is 7.28. The van der Waals surface area contributed by atoms with Crippen LogP contribution in [0.2, 0.25) is 0 Å². The Bertz CT molecular complexity index is 985. The van der Waals surface area contributed by atoms with Gasteiger partial charge in [0.1, 0.15) is 10.7 Å². The standard InChI is InChI=1S/C20H17FN2O3S/c1-12-19(27-18(23-12)9-13-2-5-15(21)6-3-13)20(24)22-10-14-4-7-16-17(8-14)26-11-25-16/h2-8H,9-11H2,1H3,(H,22,24). The highest BCUT2D eigenvalue weighted by Gasteiger charge is 2.17. The number of nitrogens with one attached hydrogen (secondary N) is 1. The number of aromatic nitrogens is 1. The number of amides is 1. The Balaban J connectivity index is 1.41. The number of ether oxygens (including phenoxy) is 2. The Hall–Kier alpha value is -2.93. The number of thiazole rings is 1. The highest BCUT2D eigenvalue weighted by atomic mass is 32.1. The molecule has 0 spiro atoms. The minimum atomic E-state index is -0.266. The zero-order valence-electron chi connectivity index (χ0n) is 14.6. The Morgan fingerprint density at radius 2 is 1.89 bits per heavy atom. The molecule has 138 valence electrons. The second-order valence-electron chi connectivity index (χ2n) is 6.20. The monoisotopic (exact) mass is 384 g/mol. The summed E-state index contributed by atoms with van der Waals surface area (Å²) in [6.45, 7) is 2.43. The molecule has 0 atom stereocenters. The van der Waals surface area contributed by atoms with E-state index in [1.807, 2.05) is 25.1 Å². The summed E-state index contributed by atoms with van der Waals surface area (Å²) >= 11 is 1.36. The van der Waals surface area contributed by atoms with E-state index in [0.29, 0.717) is 35.0 Å². The van der Waals surface area contributed by atoms with Crippen LogP contribution >= 0.6 is 11.3 Å². The van der Waals surface area contributed by atoms with Crippen molar-refractivity contribution in [2.45, 2.75) is 19.9 Å². The summed E-state index contributed by atoms with van der Waals surface area (Å²) in [5.41, 5.74) is 2.58. The number of fused-ring (bicyclic) bond motifs is 1. The van der Waals surface area contributed by atoms with Gasteiger partial charge in [-0.15, -0.1) is 11.3 Å². The third kappa shape index (κ3) is 3.93. The van der Waals surface area contributed by atoms with Crippen LogP contribution in [0.5, 0.6) is 11.5 Å². The molecule has 1 aliphatic rings. The molecule has 27 heavy (non-hydrogen) atoms. The molecule has 2 aromatic carbocycles. The fourth-order valence-corrected chi connectivity index (χ4v) is 3.84. The number of benzene rings is 2. The molecule has 1 amide bonds. The van der Waals surface area contributed by atoms with Gasteiger partial charge in [-0.05, 0) is 42.3 Å². The van der Waals surface area contributed by atoms with Crippen molar-refractivity contribution in [1.82, 2.24) is 10.3 Å². The molecule has 7 heteroatoms. The summed E-state index contributed by atoms with van der Waals surface area (Å²) in [6, 6.07) is 11.9. The van der Waals surface area contributed by atoms with E-state index in [4.69, 9.17) is 9.47 Å². The van der Waals surface area contributed by atoms with Gasteiger partial charge < -0.3 is 14.8 Å². The zero-order chi connectivity index (χ0) is 18.8. The summed E-state index contributed by atoms with van der Waals surface area (Å²) in [4.78, 5) is 17.6. The van der Waals surface area contributed by atoms with Crippen LogP contribution in [-0.4, -0.2) is 17.7 Å². The van der Waals surface area contributed by atoms with Crippen LogP contribution in [0, 0.1) is 12.7 Å². The van der Waals surface area contributed by atoms with Gasteiger partial charge in [0.05, 0.1) is 10.7 Å². The van der Waals surface area contributed by atoms with Gasteiger partial charge in [-0.2, -0.15) is 0 Å². The lowest BCUT2D eigenvalue weighted by atomic mass is 10.1. The van der Waals surface area contributed by atoms with E-state index in [2.05, 4.69) is 10.3 Å². The van der Waals surface area contributed by atoms with E-state index >= 15 is 0 Å². The van der Waals surface area contributed by atoms with E-state index in [0.717, 1.165) is 16.1 Å². The van der Waals surface area contributed by atoms with E-state index in [-0.39, 0.29) is 18.5 Å². The Labute approximate surface area is 159 Å². The van der Waals surface area contributed by atoms with Crippen molar-refractivity contribution >= 4 is 17.2 Å². The van der Waals surface area contributed by atoms with Gasteiger partial charge in [0, 0.05) is 13.0 Å². The molecule has 0 aliphatic carbocycles. The maximum Gasteiger partial charge on any atom is 0.263 e. The molecule has 4 rings (SSSR count). The summed E-state index contributed by atoms with van der Waals surface area (Å²) in [6.07, 6.45) is 0.571. The molecular weight excluding hydrogens is 367 g/mol. The van der Waals surface area contributed by atoms with E-state index < -0.39 is 0 Å². The number of halogens is 1. The predicted octanol–water partition coefficient (Wildman–Crippen LogP) is 3.84. The van der Waals surface area contributed by atoms with Crippen LogP contribution < -0.4 is 14.8 Å². The van der Waals surface area contributed by atoms with E-state index in [9.17, 15) is 9.18 Å². The minimum Gasteiger partial charge on any atom is -0.454 e. The number of nitrogens with zero attached hydrogens (tertiary/aromatic N) is 1. The molecule has 0 saturated heterocycles. The van der Waals surface area contributed by atoms with E-state index in [1.165, 1.54) is 23.5 Å². The van der Waals surface area contributed by atoms with Gasteiger partial charge >= 0.3 is 0 Å². The quantitative estimate of drug-likeness (QED) is 0.726. The SMILES string of the molecule is Cc1nc(Cc2ccc(F)cc2)sc1C(=O)NCc1ccc2c(c1)OCO2. The first-order chi connectivity index (χ1) is 13.1. The molecule has 0 unspecified atom stereocenters. The maximum atomic E-state index is 13.0. The van der Waals surface area contributed by atoms with Crippen molar-refractivity contribution in [3.05, 3.63) is 75.0 Å². The Morgan fingerprint density at radius 1 is 1.15 bits per heavy atom. The zero-order valence-corrected chi connectivity index (χ0v) is 15.4. The molecule has 0 bridgehead atoms. The van der Waals surface area contributed by atoms with Crippen molar-refractivity contribution in [2.24, 2.45) is 0 Å². The fraction of sp³-hybridized carbons (Fsp3) is 0.200. The third-order valence-electron chi connectivity index (χ3n) is 4.21. The smallest absolute Gasteiger partial charge is 0.263 e. The van der Waals surface area contributed by atoms with Crippen LogP contribution in [0.25, 0.3) is 0 Å². The largest absolute Gasteiger partial charge is 0.454 e. The molecule has 0 radical (unpaired) electrons. The Morgan fingerprint density at radius 3 is 2.70 bits per heavy atom. The van der Waals surface area contributed by atoms with Crippen molar-refractivity contribution in [1.29, 1.82) is 0 Å². The van der Waals surface area contributed by atoms with Crippen LogP contribution in [0.15, 0.2) is 42.5 Å². The number of hydrogen-bond acceptors (Lipinski definition) is 5. The minimum absolute atomic E-state index is 0.159. The molecule has 1 N–H and O–H groups in total. The number of carbonyl (C=O) groups is 1. The number of rotatable bonds is 5. The molecule has 5 nitrogen and oxygen atoms in total. The van der Waals surface area contributed by atoms with Crippen LogP contribution in [-0.2, 0) is 13.0 Å². The van der Waals surface area contributed by atoms with Gasteiger partial charge in [-0.25, -0.2) is 9.37 Å². The van der Waals surface area contributed by atoms with Crippen LogP contribution in [0.4, 0.5) is 4.39 Å². The highest BCUT2D eigenvalue weighted by Crippen LogP contribution is 2.32. The average Bonchev–Trinajstić information content (AvgIpc) is 3.27. The first kappa shape index (κ1) is 17.5. The number of carbonyl (C=O) groups excluding carboxylic acids is 1. The highest BCUT2D eigenvalue weighted by molar-refractivity contribution is 7.13. The molecule has 1 aromatic heterocycles. The summed E-state index contributed by atoms with van der Waals surface area (Å²) in [7, 11) is 0. The number of aryl methyl sites for hydroxylation is 1. The van der Waals surface area contributed by atoms with Crippen molar-refractivity contribution < 1.29 is 18.7 Å². The lowest BCUT2D eigenvalue weighted by molar-refractivity contribution is 0.0954. The van der Waals surface area contributed by atoms with Crippen molar-refractivity contribution in [3.63, 3.8) is 0 Å². The molecule has 0 saturated carbocycles. The summed E-state index contributed by atoms with van der Waals surface area (Å²) in [5.74, 6) is 0.983. The lowest BCUT2D eigenvalue weighted by Gasteiger charge is -2.05. The van der Waals surface area contributed by atoms with Gasteiger partial charge in [0.15, 0.2) is 11.5 Å². The predicted molar refractivity (Wildman–Crippen MR) is 99.8 cm³/mol. The molecule has 3 aromatic rings. The maximum absolute atomic E-state index is 13.0. The average molecular weight is 384 g/mol. The van der Waals surface area contributed by atoms with Gasteiger partial charge in [0.25, 0.3) is 5.91 Å². The van der Waals surface area contributed by atoms with Crippen molar-refractivity contribution in [3.8, 4) is 11.5 Å². The van der Waals surface area contributed by atoms with Crippen molar-refractivity contribution in [2.75, 3.05) is 6.79 Å². The molecule has 1 aliphatic heterocycles. The molecule has 2 heterocycles. The first-order valence-electron chi connectivity index (χ1n) is 8.46. The third-order valence-corrected chi connectivity index (χ3v) is 5.36. The molecule has 0 fully saturated rings. The van der Waals surface area contributed by atoms with Crippen LogP contribution in [0.1, 0.15) is 31.5 Å². The summed E-state index contributed by atoms with van der Waals surface area (Å²) in [5, 5.41) is 3.74. The molecular formula is C20H17FN2O3S. The van der Waals surface area contributed by atoms with Gasteiger partial charge in [-0.3, -0.25) is 4.79 Å². The van der Waals surface area contributed by atoms with Crippen LogP contribution in [0.3, 0.4) is 0 Å². The van der Waals surface area contributed by atoms with Gasteiger partial charge in [0.2, 0.25) is 6.79 Å². The first-order valence-corrected chi connectivity index (χ1v) is 9.27. The number of hydrogen-bond donors (Lipinski definition) is 1. The topological polar surface area (TPSA) is 60.5 Å². The Kier molecular flexibility index (Phi) is 4.77. The van der Waals surface area contributed by atoms with Gasteiger partial charge in [-0.1, -0.05) is 18.2 Å². The lowest BCUT2D eigenvalue weighted by Crippen LogP contribution is -2.22. The summed E-state index contributed by atoms with van der Waals surface area (Å²) < 4.78 is 23.7.